The smallest absolute Gasteiger partial charge is 0.410 e. The maximum absolute atomic E-state index is 11.8. The minimum Gasteiger partial charge on any atom is -0.744 e. The molecule has 1 heterocycles. The fourth-order valence-electron chi connectivity index (χ4n) is 1.73. The first-order chi connectivity index (χ1) is 8.08. The van der Waals surface area contributed by atoms with Gasteiger partial charge in [-0.3, -0.25) is 0 Å². The van der Waals surface area contributed by atoms with E-state index in [2.05, 4.69) is 0 Å². The number of likely N-dealkylation sites (tertiary alicyclic amines) is 1. The molecule has 1 atom stereocenters. The van der Waals surface area contributed by atoms with Crippen molar-refractivity contribution in [3.05, 3.63) is 11.5 Å². The van der Waals surface area contributed by atoms with Gasteiger partial charge in [0.15, 0.2) is 0 Å². The summed E-state index contributed by atoms with van der Waals surface area (Å²) in [5.41, 5.74) is -0.599. The molecule has 0 bridgehead atoms. The second-order valence-corrected chi connectivity index (χ2v) is 6.46. The molecule has 0 N–H and O–H groups in total. The lowest BCUT2D eigenvalue weighted by atomic mass is 10.2. The third-order valence-electron chi connectivity index (χ3n) is 2.39. The topological polar surface area (TPSA) is 86.7 Å². The fraction of sp³-hybridized carbons (Fsp3) is 0.727. The molecule has 1 fully saturated rings. The number of rotatable bonds is 2. The zero-order valence-electron chi connectivity index (χ0n) is 10.8. The minimum atomic E-state index is -4.41. The number of hydrogen-bond donors (Lipinski definition) is 0. The molecule has 1 aliphatic heterocycles. The van der Waals surface area contributed by atoms with E-state index in [9.17, 15) is 17.8 Å². The van der Waals surface area contributed by atoms with E-state index in [0.29, 0.717) is 18.4 Å². The normalized spacial score (nSPS) is 21.6. The highest BCUT2D eigenvalue weighted by Crippen LogP contribution is 2.21. The number of amides is 1. The van der Waals surface area contributed by atoms with Crippen molar-refractivity contribution in [1.29, 1.82) is 0 Å². The quantitative estimate of drug-likeness (QED) is 0.712. The average molecular weight is 276 g/mol. The van der Waals surface area contributed by atoms with Gasteiger partial charge in [0.05, 0.1) is 6.04 Å². The zero-order valence-corrected chi connectivity index (χ0v) is 11.6. The number of carbonyl (C=O) groups excluding carboxylic acids is 1. The van der Waals surface area contributed by atoms with E-state index in [1.54, 1.807) is 20.8 Å². The first kappa shape index (κ1) is 15.0. The second-order valence-electron chi connectivity index (χ2n) is 5.20. The number of carbonyl (C=O) groups is 1. The van der Waals surface area contributed by atoms with Gasteiger partial charge in [-0.15, -0.1) is 0 Å². The summed E-state index contributed by atoms with van der Waals surface area (Å²) in [6.07, 6.45) is 2.15. The molecule has 1 aliphatic rings. The second kappa shape index (κ2) is 5.27. The molecule has 0 radical (unpaired) electrons. The minimum absolute atomic E-state index is 0.386. The molecular weight excluding hydrogens is 258 g/mol. The van der Waals surface area contributed by atoms with Crippen molar-refractivity contribution in [2.45, 2.75) is 45.3 Å². The Balaban J connectivity index is 2.71. The Hall–Kier alpha value is -1.08. The van der Waals surface area contributed by atoms with E-state index in [0.717, 1.165) is 6.42 Å². The summed E-state index contributed by atoms with van der Waals surface area (Å²) in [5.74, 6) is 0. The van der Waals surface area contributed by atoms with Gasteiger partial charge in [0, 0.05) is 12.0 Å². The molecule has 1 unspecified atom stereocenters. The standard InChI is InChI=1S/C11H19NO5S/c1-11(2,3)17-10(13)12-7-4-5-9(12)6-8-18(14,15)16/h6,8-9H,4-5,7H2,1-3H3,(H,14,15,16)/p-1/b8-6+. The number of hydrogen-bond acceptors (Lipinski definition) is 5. The van der Waals surface area contributed by atoms with Gasteiger partial charge in [-0.05, 0) is 33.6 Å². The van der Waals surface area contributed by atoms with Crippen molar-refractivity contribution in [2.75, 3.05) is 6.54 Å². The molecule has 18 heavy (non-hydrogen) atoms. The summed E-state index contributed by atoms with van der Waals surface area (Å²) in [6.45, 7) is 5.78. The Morgan fingerprint density at radius 2 is 2.06 bits per heavy atom. The summed E-state index contributed by atoms with van der Waals surface area (Å²) in [6, 6.07) is -0.386. The van der Waals surface area contributed by atoms with E-state index in [1.165, 1.54) is 11.0 Å². The highest BCUT2D eigenvalue weighted by atomic mass is 32.2. The van der Waals surface area contributed by atoms with Gasteiger partial charge in [-0.2, -0.15) is 0 Å². The summed E-state index contributed by atoms with van der Waals surface area (Å²) >= 11 is 0. The fourth-order valence-corrected chi connectivity index (χ4v) is 2.10. The first-order valence-electron chi connectivity index (χ1n) is 5.72. The third kappa shape index (κ3) is 5.05. The van der Waals surface area contributed by atoms with Crippen molar-refractivity contribution >= 4 is 16.2 Å². The van der Waals surface area contributed by atoms with E-state index in [1.807, 2.05) is 0 Å². The van der Waals surface area contributed by atoms with Crippen LogP contribution in [0.2, 0.25) is 0 Å². The molecule has 1 saturated heterocycles. The predicted octanol–water partition coefficient (Wildman–Crippen LogP) is 1.44. The summed E-state index contributed by atoms with van der Waals surface area (Å²) in [7, 11) is -4.41. The molecule has 0 aromatic rings. The van der Waals surface area contributed by atoms with Crippen LogP contribution < -0.4 is 0 Å². The molecular formula is C11H18NO5S-. The van der Waals surface area contributed by atoms with Crippen molar-refractivity contribution < 1.29 is 22.5 Å². The largest absolute Gasteiger partial charge is 0.744 e. The lowest BCUT2D eigenvalue weighted by molar-refractivity contribution is 0.0256. The lowest BCUT2D eigenvalue weighted by Gasteiger charge is -2.27. The van der Waals surface area contributed by atoms with E-state index in [-0.39, 0.29) is 6.04 Å². The van der Waals surface area contributed by atoms with Crippen LogP contribution in [-0.4, -0.2) is 42.2 Å². The van der Waals surface area contributed by atoms with Crippen molar-refractivity contribution in [3.63, 3.8) is 0 Å². The third-order valence-corrected chi connectivity index (χ3v) is 2.89. The first-order valence-corrected chi connectivity index (χ1v) is 7.19. The van der Waals surface area contributed by atoms with Crippen molar-refractivity contribution in [1.82, 2.24) is 4.90 Å². The Morgan fingerprint density at radius 3 is 2.56 bits per heavy atom. The molecule has 0 aromatic heterocycles. The lowest BCUT2D eigenvalue weighted by Crippen LogP contribution is -2.39. The van der Waals surface area contributed by atoms with E-state index < -0.39 is 21.8 Å². The van der Waals surface area contributed by atoms with Gasteiger partial charge in [0.1, 0.15) is 15.7 Å². The van der Waals surface area contributed by atoms with Crippen LogP contribution in [-0.2, 0) is 14.9 Å². The molecule has 104 valence electrons. The molecule has 1 rings (SSSR count). The zero-order chi connectivity index (χ0) is 14.0. The molecule has 0 spiro atoms. The van der Waals surface area contributed by atoms with Gasteiger partial charge in [0.2, 0.25) is 0 Å². The summed E-state index contributed by atoms with van der Waals surface area (Å²) in [4.78, 5) is 13.3. The predicted molar refractivity (Wildman–Crippen MR) is 64.8 cm³/mol. The van der Waals surface area contributed by atoms with E-state index in [4.69, 9.17) is 4.74 Å². The Labute approximate surface area is 107 Å². The monoisotopic (exact) mass is 276 g/mol. The van der Waals surface area contributed by atoms with Gasteiger partial charge >= 0.3 is 6.09 Å². The van der Waals surface area contributed by atoms with Crippen molar-refractivity contribution in [2.24, 2.45) is 0 Å². The number of nitrogens with zero attached hydrogens (tertiary/aromatic N) is 1. The number of ether oxygens (including phenoxy) is 1. The van der Waals surface area contributed by atoms with Crippen LogP contribution in [0.25, 0.3) is 0 Å². The maximum atomic E-state index is 11.8. The van der Waals surface area contributed by atoms with E-state index >= 15 is 0 Å². The summed E-state index contributed by atoms with van der Waals surface area (Å²) in [5, 5.41) is 0.598. The summed E-state index contributed by atoms with van der Waals surface area (Å²) < 4.78 is 36.8. The Bertz CT molecular complexity index is 435. The highest BCUT2D eigenvalue weighted by Gasteiger charge is 2.30. The molecule has 6 nitrogen and oxygen atoms in total. The van der Waals surface area contributed by atoms with Crippen LogP contribution >= 0.6 is 0 Å². The van der Waals surface area contributed by atoms with Crippen molar-refractivity contribution in [3.8, 4) is 0 Å². The molecule has 1 amide bonds. The van der Waals surface area contributed by atoms with Crippen LogP contribution in [0.4, 0.5) is 4.79 Å². The van der Waals surface area contributed by atoms with Gasteiger partial charge in [0.25, 0.3) is 0 Å². The average Bonchev–Trinajstić information content (AvgIpc) is 2.58. The Kier molecular flexibility index (Phi) is 4.39. The maximum Gasteiger partial charge on any atom is 0.410 e. The van der Waals surface area contributed by atoms with Crippen LogP contribution in [0.3, 0.4) is 0 Å². The molecule has 0 aromatic carbocycles. The van der Waals surface area contributed by atoms with Gasteiger partial charge in [-0.25, -0.2) is 13.2 Å². The van der Waals surface area contributed by atoms with Crippen LogP contribution in [0.5, 0.6) is 0 Å². The van der Waals surface area contributed by atoms with Crippen LogP contribution in [0, 0.1) is 0 Å². The van der Waals surface area contributed by atoms with Gasteiger partial charge < -0.3 is 14.2 Å². The Morgan fingerprint density at radius 1 is 1.44 bits per heavy atom. The SMILES string of the molecule is CC(C)(C)OC(=O)N1CCCC1/C=C/S(=O)(=O)[O-]. The van der Waals surface area contributed by atoms with Crippen LogP contribution in [0.1, 0.15) is 33.6 Å². The highest BCUT2D eigenvalue weighted by molar-refractivity contribution is 7.88. The van der Waals surface area contributed by atoms with Gasteiger partial charge in [-0.1, -0.05) is 6.08 Å². The molecule has 0 saturated carbocycles. The molecule has 0 aliphatic carbocycles. The molecule has 7 heteroatoms. The van der Waals surface area contributed by atoms with Crippen LogP contribution in [0.15, 0.2) is 11.5 Å².